The number of nitrogens with two attached hydrogens (primary N) is 1. The van der Waals surface area contributed by atoms with E-state index < -0.39 is 0 Å². The van der Waals surface area contributed by atoms with E-state index in [2.05, 4.69) is 47.4 Å². The largest absolute Gasteiger partial charge is 0.341 e. The first-order chi connectivity index (χ1) is 8.40. The third-order valence-corrected chi connectivity index (χ3v) is 3.39. The number of rotatable bonds is 2. The Morgan fingerprint density at radius 1 is 0.944 bits per heavy atom. The predicted molar refractivity (Wildman–Crippen MR) is 78.7 cm³/mol. The third kappa shape index (κ3) is 2.09. The molecular formula is C15H17ClN2. The van der Waals surface area contributed by atoms with Gasteiger partial charge in [-0.3, -0.25) is 0 Å². The molecule has 1 heterocycles. The van der Waals surface area contributed by atoms with E-state index in [1.807, 2.05) is 6.07 Å². The van der Waals surface area contributed by atoms with Gasteiger partial charge in [-0.1, -0.05) is 36.4 Å². The second-order valence-corrected chi connectivity index (χ2v) is 4.36. The van der Waals surface area contributed by atoms with E-state index >= 15 is 0 Å². The molecule has 18 heavy (non-hydrogen) atoms. The summed E-state index contributed by atoms with van der Waals surface area (Å²) in [5, 5.41) is 0. The van der Waals surface area contributed by atoms with Crippen LogP contribution in [0.1, 0.15) is 11.1 Å². The van der Waals surface area contributed by atoms with Crippen molar-refractivity contribution in [1.29, 1.82) is 0 Å². The van der Waals surface area contributed by atoms with Gasteiger partial charge in [-0.05, 0) is 29.7 Å². The average molecular weight is 261 g/mol. The average Bonchev–Trinajstić information content (AvgIpc) is 2.82. The summed E-state index contributed by atoms with van der Waals surface area (Å²) in [7, 11) is 0. The zero-order chi connectivity index (χ0) is 11.7. The van der Waals surface area contributed by atoms with Gasteiger partial charge in [0.25, 0.3) is 0 Å². The molecule has 0 aliphatic carbocycles. The molecule has 0 unspecified atom stereocenters. The first-order valence-corrected chi connectivity index (χ1v) is 6.03. The van der Waals surface area contributed by atoms with Crippen molar-refractivity contribution >= 4 is 23.8 Å². The van der Waals surface area contributed by atoms with Crippen LogP contribution in [-0.2, 0) is 13.0 Å². The molecule has 0 aromatic heterocycles. The summed E-state index contributed by atoms with van der Waals surface area (Å²) in [5.74, 6) is 0. The Hall–Kier alpha value is -1.51. The SMILES string of the molecule is Cl.NCc1ccccc1N1CCc2ccccc21. The molecular weight excluding hydrogens is 244 g/mol. The van der Waals surface area contributed by atoms with Crippen molar-refractivity contribution in [3.8, 4) is 0 Å². The van der Waals surface area contributed by atoms with Gasteiger partial charge >= 0.3 is 0 Å². The lowest BCUT2D eigenvalue weighted by Gasteiger charge is -2.22. The van der Waals surface area contributed by atoms with E-state index in [0.717, 1.165) is 13.0 Å². The van der Waals surface area contributed by atoms with Crippen molar-refractivity contribution in [2.45, 2.75) is 13.0 Å². The molecule has 3 heteroatoms. The van der Waals surface area contributed by atoms with Gasteiger partial charge in [0, 0.05) is 24.5 Å². The zero-order valence-electron chi connectivity index (χ0n) is 10.2. The summed E-state index contributed by atoms with van der Waals surface area (Å²) in [6.07, 6.45) is 1.12. The molecule has 0 bridgehead atoms. The first-order valence-electron chi connectivity index (χ1n) is 6.03. The standard InChI is InChI=1S/C15H16N2.ClH/c16-11-13-6-2-4-8-15(13)17-10-9-12-5-1-3-7-14(12)17;/h1-8H,9-11,16H2;1H. The third-order valence-electron chi connectivity index (χ3n) is 3.39. The van der Waals surface area contributed by atoms with E-state index in [1.54, 1.807) is 0 Å². The highest BCUT2D eigenvalue weighted by molar-refractivity contribution is 5.85. The number of anilines is 2. The van der Waals surface area contributed by atoms with Crippen molar-refractivity contribution in [2.24, 2.45) is 5.73 Å². The first kappa shape index (κ1) is 12.9. The van der Waals surface area contributed by atoms with Crippen LogP contribution in [0.15, 0.2) is 48.5 Å². The van der Waals surface area contributed by atoms with E-state index in [9.17, 15) is 0 Å². The Morgan fingerprint density at radius 2 is 1.61 bits per heavy atom. The van der Waals surface area contributed by atoms with E-state index in [1.165, 1.54) is 22.5 Å². The van der Waals surface area contributed by atoms with Crippen LogP contribution in [0.4, 0.5) is 11.4 Å². The summed E-state index contributed by atoms with van der Waals surface area (Å²) in [5.41, 5.74) is 11.0. The highest BCUT2D eigenvalue weighted by Gasteiger charge is 2.20. The van der Waals surface area contributed by atoms with Crippen LogP contribution in [0, 0.1) is 0 Å². The van der Waals surface area contributed by atoms with Gasteiger partial charge in [-0.2, -0.15) is 0 Å². The number of halogens is 1. The Bertz CT molecular complexity index is 540. The van der Waals surface area contributed by atoms with Crippen LogP contribution >= 0.6 is 12.4 Å². The van der Waals surface area contributed by atoms with Crippen molar-refractivity contribution in [3.63, 3.8) is 0 Å². The second-order valence-electron chi connectivity index (χ2n) is 4.36. The molecule has 2 N–H and O–H groups in total. The molecule has 94 valence electrons. The highest BCUT2D eigenvalue weighted by Crippen LogP contribution is 2.35. The molecule has 3 rings (SSSR count). The maximum atomic E-state index is 5.81. The summed E-state index contributed by atoms with van der Waals surface area (Å²) >= 11 is 0. The van der Waals surface area contributed by atoms with Crippen molar-refractivity contribution in [1.82, 2.24) is 0 Å². The number of nitrogens with zero attached hydrogens (tertiary/aromatic N) is 1. The van der Waals surface area contributed by atoms with Crippen molar-refractivity contribution in [2.75, 3.05) is 11.4 Å². The number of hydrogen-bond donors (Lipinski definition) is 1. The molecule has 0 saturated heterocycles. The van der Waals surface area contributed by atoms with Crippen LogP contribution < -0.4 is 10.6 Å². The Balaban J connectivity index is 0.00000120. The van der Waals surface area contributed by atoms with Gasteiger partial charge in [0.1, 0.15) is 0 Å². The molecule has 0 spiro atoms. The quantitative estimate of drug-likeness (QED) is 0.898. The van der Waals surface area contributed by atoms with Gasteiger partial charge in [-0.15, -0.1) is 12.4 Å². The highest BCUT2D eigenvalue weighted by atomic mass is 35.5. The fourth-order valence-electron chi connectivity index (χ4n) is 2.54. The molecule has 0 fully saturated rings. The number of para-hydroxylation sites is 2. The van der Waals surface area contributed by atoms with E-state index in [-0.39, 0.29) is 12.4 Å². The normalized spacial score (nSPS) is 13.1. The van der Waals surface area contributed by atoms with Crippen LogP contribution in [0.2, 0.25) is 0 Å². The molecule has 0 saturated carbocycles. The topological polar surface area (TPSA) is 29.3 Å². The monoisotopic (exact) mass is 260 g/mol. The predicted octanol–water partition coefficient (Wildman–Crippen LogP) is 3.26. The minimum atomic E-state index is 0. The minimum absolute atomic E-state index is 0. The van der Waals surface area contributed by atoms with Crippen LogP contribution in [0.25, 0.3) is 0 Å². The number of benzene rings is 2. The van der Waals surface area contributed by atoms with Crippen molar-refractivity contribution < 1.29 is 0 Å². The second kappa shape index (κ2) is 5.42. The van der Waals surface area contributed by atoms with Crippen molar-refractivity contribution in [3.05, 3.63) is 59.7 Å². The van der Waals surface area contributed by atoms with E-state index in [0.29, 0.717) is 6.54 Å². The van der Waals surface area contributed by atoms with E-state index in [4.69, 9.17) is 5.73 Å². The Morgan fingerprint density at radius 3 is 2.39 bits per heavy atom. The molecule has 1 aliphatic rings. The lowest BCUT2D eigenvalue weighted by Crippen LogP contribution is -2.16. The maximum Gasteiger partial charge on any atom is 0.0456 e. The van der Waals surface area contributed by atoms with Gasteiger partial charge in [0.15, 0.2) is 0 Å². The lowest BCUT2D eigenvalue weighted by molar-refractivity contribution is 0.972. The smallest absolute Gasteiger partial charge is 0.0456 e. The molecule has 0 amide bonds. The number of fused-ring (bicyclic) bond motifs is 1. The maximum absolute atomic E-state index is 5.81. The molecule has 2 nitrogen and oxygen atoms in total. The molecule has 0 radical (unpaired) electrons. The summed E-state index contributed by atoms with van der Waals surface area (Å²) in [6.45, 7) is 1.64. The minimum Gasteiger partial charge on any atom is -0.341 e. The fourth-order valence-corrected chi connectivity index (χ4v) is 2.54. The summed E-state index contributed by atoms with van der Waals surface area (Å²) in [4.78, 5) is 2.37. The van der Waals surface area contributed by atoms with Crippen LogP contribution in [0.5, 0.6) is 0 Å². The molecule has 0 atom stereocenters. The summed E-state index contributed by atoms with van der Waals surface area (Å²) in [6, 6.07) is 17.0. The van der Waals surface area contributed by atoms with Crippen LogP contribution in [0.3, 0.4) is 0 Å². The van der Waals surface area contributed by atoms with Gasteiger partial charge in [0.2, 0.25) is 0 Å². The molecule has 1 aliphatic heterocycles. The zero-order valence-corrected chi connectivity index (χ0v) is 11.0. The van der Waals surface area contributed by atoms with Gasteiger partial charge < -0.3 is 10.6 Å². The molecule has 2 aromatic carbocycles. The van der Waals surface area contributed by atoms with Gasteiger partial charge in [-0.25, -0.2) is 0 Å². The summed E-state index contributed by atoms with van der Waals surface area (Å²) < 4.78 is 0. The van der Waals surface area contributed by atoms with Gasteiger partial charge in [0.05, 0.1) is 0 Å². The number of hydrogen-bond acceptors (Lipinski definition) is 2. The fraction of sp³-hybridized carbons (Fsp3) is 0.200. The van der Waals surface area contributed by atoms with Crippen LogP contribution in [-0.4, -0.2) is 6.54 Å². The Labute approximate surface area is 114 Å². The molecule has 2 aromatic rings. The lowest BCUT2D eigenvalue weighted by atomic mass is 10.1. The Kier molecular flexibility index (Phi) is 3.90.